The van der Waals surface area contributed by atoms with E-state index in [0.717, 1.165) is 11.3 Å². The second kappa shape index (κ2) is 4.80. The number of carboxylic acids is 1. The quantitative estimate of drug-likeness (QED) is 0.914. The largest absolute Gasteiger partial charge is 0.478 e. The molecule has 96 valence electrons. The molecule has 4 heteroatoms. The number of rotatable bonds is 3. The molecule has 1 aliphatic rings. The number of carboxylic acid groups (broad SMARTS) is 1. The summed E-state index contributed by atoms with van der Waals surface area (Å²) >= 11 is 0. The molecule has 0 saturated heterocycles. The molecule has 0 amide bonds. The van der Waals surface area contributed by atoms with Gasteiger partial charge < -0.3 is 5.11 Å². The van der Waals surface area contributed by atoms with Gasteiger partial charge in [0.15, 0.2) is 5.82 Å². The maximum Gasteiger partial charge on any atom is 0.335 e. The zero-order valence-electron chi connectivity index (χ0n) is 10.4. The van der Waals surface area contributed by atoms with Gasteiger partial charge in [-0.1, -0.05) is 18.6 Å². The van der Waals surface area contributed by atoms with E-state index in [1.54, 1.807) is 30.5 Å². The Labute approximate surface area is 111 Å². The molecule has 1 aliphatic carbocycles. The van der Waals surface area contributed by atoms with Crippen molar-refractivity contribution in [3.8, 4) is 11.4 Å². The molecule has 4 nitrogen and oxygen atoms in total. The molecule has 0 unspecified atom stereocenters. The molecule has 1 aromatic heterocycles. The predicted molar refractivity (Wildman–Crippen MR) is 71.0 cm³/mol. The number of hydrogen-bond donors (Lipinski definition) is 1. The minimum atomic E-state index is -0.921. The lowest BCUT2D eigenvalue weighted by molar-refractivity contribution is 0.0697. The van der Waals surface area contributed by atoms with Crippen molar-refractivity contribution < 1.29 is 9.90 Å². The van der Waals surface area contributed by atoms with Crippen LogP contribution < -0.4 is 0 Å². The topological polar surface area (TPSA) is 63.1 Å². The highest BCUT2D eigenvalue weighted by molar-refractivity contribution is 5.88. The summed E-state index contributed by atoms with van der Waals surface area (Å²) in [6, 6.07) is 8.64. The number of aromatic nitrogens is 2. The van der Waals surface area contributed by atoms with Crippen LogP contribution >= 0.6 is 0 Å². The number of hydrogen-bond acceptors (Lipinski definition) is 3. The summed E-state index contributed by atoms with van der Waals surface area (Å²) in [5, 5.41) is 8.87. The Morgan fingerprint density at radius 1 is 1.16 bits per heavy atom. The first-order valence-electron chi connectivity index (χ1n) is 6.41. The molecule has 1 N–H and O–H groups in total. The van der Waals surface area contributed by atoms with E-state index in [1.807, 2.05) is 6.07 Å². The van der Waals surface area contributed by atoms with Gasteiger partial charge in [-0.2, -0.15) is 0 Å². The van der Waals surface area contributed by atoms with Crippen molar-refractivity contribution in [2.75, 3.05) is 0 Å². The number of nitrogens with zero attached hydrogens (tertiary/aromatic N) is 2. The van der Waals surface area contributed by atoms with Gasteiger partial charge in [0.25, 0.3) is 0 Å². The van der Waals surface area contributed by atoms with Crippen LogP contribution in [0.4, 0.5) is 0 Å². The van der Waals surface area contributed by atoms with E-state index in [4.69, 9.17) is 5.11 Å². The lowest BCUT2D eigenvalue weighted by atomic mass is 9.83. The van der Waals surface area contributed by atoms with Crippen molar-refractivity contribution in [3.63, 3.8) is 0 Å². The zero-order valence-corrected chi connectivity index (χ0v) is 10.4. The molecule has 0 aliphatic heterocycles. The van der Waals surface area contributed by atoms with Crippen molar-refractivity contribution in [3.05, 3.63) is 47.8 Å². The lowest BCUT2D eigenvalue weighted by Crippen LogP contribution is -2.11. The minimum Gasteiger partial charge on any atom is -0.478 e. The summed E-state index contributed by atoms with van der Waals surface area (Å²) in [5.41, 5.74) is 2.23. The Hall–Kier alpha value is -2.23. The highest BCUT2D eigenvalue weighted by Gasteiger charge is 2.21. The second-order valence-corrected chi connectivity index (χ2v) is 4.82. The second-order valence-electron chi connectivity index (χ2n) is 4.82. The average Bonchev–Trinajstić information content (AvgIpc) is 2.37. The maximum atomic E-state index is 10.8. The SMILES string of the molecule is O=C(O)c1ccc(-c2nccc(C3CCC3)n2)cc1. The van der Waals surface area contributed by atoms with Crippen LogP contribution in [-0.2, 0) is 0 Å². The first kappa shape index (κ1) is 11.8. The fourth-order valence-electron chi connectivity index (χ4n) is 2.21. The molecule has 1 aromatic carbocycles. The molecule has 3 rings (SSSR count). The van der Waals surface area contributed by atoms with Gasteiger partial charge >= 0.3 is 5.97 Å². The van der Waals surface area contributed by atoms with E-state index in [9.17, 15) is 4.79 Å². The Bertz CT molecular complexity index is 604. The molecule has 1 heterocycles. The summed E-state index contributed by atoms with van der Waals surface area (Å²) in [6.07, 6.45) is 5.46. The van der Waals surface area contributed by atoms with Gasteiger partial charge in [0.2, 0.25) is 0 Å². The lowest BCUT2D eigenvalue weighted by Gasteiger charge is -2.24. The molecular weight excluding hydrogens is 240 g/mol. The summed E-state index contributed by atoms with van der Waals surface area (Å²) in [7, 11) is 0. The number of carbonyl (C=O) groups is 1. The van der Waals surface area contributed by atoms with Gasteiger partial charge in [-0.15, -0.1) is 0 Å². The Kier molecular flexibility index (Phi) is 2.99. The van der Waals surface area contributed by atoms with E-state index in [2.05, 4.69) is 9.97 Å². The first-order chi connectivity index (χ1) is 9.24. The fourth-order valence-corrected chi connectivity index (χ4v) is 2.21. The summed E-state index contributed by atoms with van der Waals surface area (Å²) < 4.78 is 0. The highest BCUT2D eigenvalue weighted by atomic mass is 16.4. The van der Waals surface area contributed by atoms with Gasteiger partial charge in [-0.3, -0.25) is 0 Å². The highest BCUT2D eigenvalue weighted by Crippen LogP contribution is 2.35. The average molecular weight is 254 g/mol. The molecule has 0 bridgehead atoms. The molecule has 19 heavy (non-hydrogen) atoms. The summed E-state index contributed by atoms with van der Waals surface area (Å²) in [5.74, 6) is 0.317. The Morgan fingerprint density at radius 2 is 1.89 bits per heavy atom. The Morgan fingerprint density at radius 3 is 2.47 bits per heavy atom. The maximum absolute atomic E-state index is 10.8. The standard InChI is InChI=1S/C15H14N2O2/c18-15(19)12-6-4-11(5-7-12)14-16-9-8-13(17-14)10-2-1-3-10/h4-10H,1-3H2,(H,18,19). The van der Waals surface area contributed by atoms with Crippen LogP contribution in [0.15, 0.2) is 36.5 Å². The first-order valence-corrected chi connectivity index (χ1v) is 6.41. The van der Waals surface area contributed by atoms with E-state index in [-0.39, 0.29) is 5.56 Å². The molecule has 1 fully saturated rings. The molecule has 0 atom stereocenters. The normalized spacial score (nSPS) is 14.9. The molecule has 1 saturated carbocycles. The third kappa shape index (κ3) is 2.34. The smallest absolute Gasteiger partial charge is 0.335 e. The van der Waals surface area contributed by atoms with E-state index in [0.29, 0.717) is 11.7 Å². The summed E-state index contributed by atoms with van der Waals surface area (Å²) in [6.45, 7) is 0. The minimum absolute atomic E-state index is 0.277. The third-order valence-corrected chi connectivity index (χ3v) is 3.59. The van der Waals surface area contributed by atoms with Crippen LogP contribution in [0.3, 0.4) is 0 Å². The van der Waals surface area contributed by atoms with E-state index < -0.39 is 5.97 Å². The van der Waals surface area contributed by atoms with Crippen LogP contribution in [0, 0.1) is 0 Å². The van der Waals surface area contributed by atoms with Gasteiger partial charge in [0, 0.05) is 23.4 Å². The van der Waals surface area contributed by atoms with Crippen LogP contribution in [0.2, 0.25) is 0 Å². The van der Waals surface area contributed by atoms with Gasteiger partial charge in [-0.05, 0) is 31.0 Å². The zero-order chi connectivity index (χ0) is 13.2. The van der Waals surface area contributed by atoms with Gasteiger partial charge in [0.05, 0.1) is 5.56 Å². The summed E-state index contributed by atoms with van der Waals surface area (Å²) in [4.78, 5) is 19.7. The van der Waals surface area contributed by atoms with Gasteiger partial charge in [0.1, 0.15) is 0 Å². The van der Waals surface area contributed by atoms with Crippen molar-refractivity contribution in [2.24, 2.45) is 0 Å². The van der Waals surface area contributed by atoms with Crippen LogP contribution in [0.5, 0.6) is 0 Å². The molecular formula is C15H14N2O2. The van der Waals surface area contributed by atoms with Gasteiger partial charge in [-0.25, -0.2) is 14.8 Å². The van der Waals surface area contributed by atoms with Crippen molar-refractivity contribution in [1.82, 2.24) is 9.97 Å². The van der Waals surface area contributed by atoms with Crippen LogP contribution in [0.25, 0.3) is 11.4 Å². The van der Waals surface area contributed by atoms with E-state index in [1.165, 1.54) is 19.3 Å². The van der Waals surface area contributed by atoms with Crippen molar-refractivity contribution in [1.29, 1.82) is 0 Å². The third-order valence-electron chi connectivity index (χ3n) is 3.59. The van der Waals surface area contributed by atoms with Crippen LogP contribution in [0.1, 0.15) is 41.2 Å². The molecule has 2 aromatic rings. The number of aromatic carboxylic acids is 1. The number of benzene rings is 1. The Balaban J connectivity index is 1.90. The molecule has 0 spiro atoms. The van der Waals surface area contributed by atoms with E-state index >= 15 is 0 Å². The molecule has 0 radical (unpaired) electrons. The predicted octanol–water partition coefficient (Wildman–Crippen LogP) is 3.11. The van der Waals surface area contributed by atoms with Crippen molar-refractivity contribution >= 4 is 5.97 Å². The fraction of sp³-hybridized carbons (Fsp3) is 0.267. The van der Waals surface area contributed by atoms with Crippen molar-refractivity contribution in [2.45, 2.75) is 25.2 Å². The monoisotopic (exact) mass is 254 g/mol. The van der Waals surface area contributed by atoms with Crippen LogP contribution in [-0.4, -0.2) is 21.0 Å².